The van der Waals surface area contributed by atoms with Crippen LogP contribution in [0.1, 0.15) is 50.8 Å². The van der Waals surface area contributed by atoms with Crippen molar-refractivity contribution in [2.75, 3.05) is 0 Å². The van der Waals surface area contributed by atoms with E-state index in [-0.39, 0.29) is 17.8 Å². The second-order valence-electron chi connectivity index (χ2n) is 5.63. The van der Waals surface area contributed by atoms with Gasteiger partial charge in [-0.05, 0) is 31.4 Å². The van der Waals surface area contributed by atoms with Crippen molar-refractivity contribution in [1.29, 1.82) is 0 Å². The molecule has 2 atom stereocenters. The fraction of sp³-hybridized carbons (Fsp3) is 0.571. The molecule has 0 unspecified atom stereocenters. The first-order chi connectivity index (χ1) is 7.49. The van der Waals surface area contributed by atoms with Gasteiger partial charge in [0.2, 0.25) is 0 Å². The van der Waals surface area contributed by atoms with Crippen LogP contribution in [0.15, 0.2) is 18.2 Å². The van der Waals surface area contributed by atoms with Crippen LogP contribution in [-0.4, -0.2) is 11.7 Å². The Hall–Kier alpha value is -1.02. The lowest BCUT2D eigenvalue weighted by molar-refractivity contribution is 0.0724. The van der Waals surface area contributed by atoms with Crippen molar-refractivity contribution in [3.05, 3.63) is 29.3 Å². The maximum absolute atomic E-state index is 6.04. The first kappa shape index (κ1) is 10.2. The second kappa shape index (κ2) is 3.01. The summed E-state index contributed by atoms with van der Waals surface area (Å²) < 4.78 is 11.7. The lowest BCUT2D eigenvalue weighted by atomic mass is 9.92. The molecule has 0 N–H and O–H groups in total. The zero-order valence-electron chi connectivity index (χ0n) is 10.3. The van der Waals surface area contributed by atoms with Crippen molar-refractivity contribution in [3.8, 4) is 5.75 Å². The average Bonchev–Trinajstić information content (AvgIpc) is 2.96. The second-order valence-corrected chi connectivity index (χ2v) is 5.63. The minimum absolute atomic E-state index is 0.187. The molecule has 0 bridgehead atoms. The molecule has 3 rings (SSSR count). The molecule has 0 amide bonds. The maximum Gasteiger partial charge on any atom is 0.132 e. The summed E-state index contributed by atoms with van der Waals surface area (Å²) in [4.78, 5) is 0. The molecule has 0 aromatic heterocycles. The van der Waals surface area contributed by atoms with E-state index in [9.17, 15) is 0 Å². The number of benzene rings is 1. The van der Waals surface area contributed by atoms with E-state index in [0.717, 1.165) is 5.75 Å². The third-order valence-corrected chi connectivity index (χ3v) is 3.56. The van der Waals surface area contributed by atoms with E-state index in [4.69, 9.17) is 9.47 Å². The normalized spacial score (nSPS) is 29.3. The van der Waals surface area contributed by atoms with E-state index >= 15 is 0 Å². The summed E-state index contributed by atoms with van der Waals surface area (Å²) >= 11 is 0. The molecule has 0 aliphatic carbocycles. The van der Waals surface area contributed by atoms with Gasteiger partial charge >= 0.3 is 0 Å². The molecule has 0 radical (unpaired) electrons. The van der Waals surface area contributed by atoms with Gasteiger partial charge < -0.3 is 9.47 Å². The van der Waals surface area contributed by atoms with Crippen molar-refractivity contribution in [3.63, 3.8) is 0 Å². The molecule has 0 saturated carbocycles. The van der Waals surface area contributed by atoms with Gasteiger partial charge in [0.25, 0.3) is 0 Å². The summed E-state index contributed by atoms with van der Waals surface area (Å²) in [7, 11) is 0. The molecule has 2 heteroatoms. The number of epoxide rings is 1. The van der Waals surface area contributed by atoms with E-state index < -0.39 is 0 Å². The summed E-state index contributed by atoms with van der Waals surface area (Å²) in [5, 5.41) is 0. The maximum atomic E-state index is 6.04. The van der Waals surface area contributed by atoms with Crippen LogP contribution in [0.25, 0.3) is 0 Å². The fourth-order valence-electron chi connectivity index (χ4n) is 2.45. The number of fused-ring (bicyclic) bond motifs is 3. The van der Waals surface area contributed by atoms with E-state index in [1.165, 1.54) is 11.1 Å². The molecule has 1 aromatic rings. The lowest BCUT2D eigenvalue weighted by Crippen LogP contribution is -2.37. The highest BCUT2D eigenvalue weighted by Crippen LogP contribution is 2.53. The fourth-order valence-corrected chi connectivity index (χ4v) is 2.45. The number of ether oxygens (including phenoxy) is 2. The van der Waals surface area contributed by atoms with Gasteiger partial charge in [-0.2, -0.15) is 0 Å². The van der Waals surface area contributed by atoms with Crippen molar-refractivity contribution >= 4 is 0 Å². The molecule has 16 heavy (non-hydrogen) atoms. The van der Waals surface area contributed by atoms with E-state index in [1.807, 2.05) is 0 Å². The van der Waals surface area contributed by atoms with Crippen LogP contribution in [-0.2, 0) is 4.74 Å². The van der Waals surface area contributed by atoms with Crippen LogP contribution in [0, 0.1) is 0 Å². The smallest absolute Gasteiger partial charge is 0.132 e. The highest BCUT2D eigenvalue weighted by Gasteiger charge is 2.56. The lowest BCUT2D eigenvalue weighted by Gasteiger charge is -2.30. The van der Waals surface area contributed by atoms with Crippen molar-refractivity contribution < 1.29 is 9.47 Å². The van der Waals surface area contributed by atoms with Crippen LogP contribution in [0.5, 0.6) is 5.75 Å². The van der Waals surface area contributed by atoms with Gasteiger partial charge in [0.1, 0.15) is 23.6 Å². The predicted octanol–water partition coefficient (Wildman–Crippen LogP) is 3.42. The van der Waals surface area contributed by atoms with Crippen LogP contribution in [0.3, 0.4) is 0 Å². The molecule has 1 saturated heterocycles. The Morgan fingerprint density at radius 1 is 1.25 bits per heavy atom. The molecule has 1 aromatic carbocycles. The third kappa shape index (κ3) is 1.36. The third-order valence-electron chi connectivity index (χ3n) is 3.56. The van der Waals surface area contributed by atoms with Gasteiger partial charge in [0, 0.05) is 5.56 Å². The summed E-state index contributed by atoms with van der Waals surface area (Å²) in [6.07, 6.45) is 0.505. The molecule has 2 nitrogen and oxygen atoms in total. The predicted molar refractivity (Wildman–Crippen MR) is 62.9 cm³/mol. The average molecular weight is 218 g/mol. The monoisotopic (exact) mass is 218 g/mol. The van der Waals surface area contributed by atoms with Crippen molar-refractivity contribution in [2.24, 2.45) is 0 Å². The summed E-state index contributed by atoms with van der Waals surface area (Å²) in [6.45, 7) is 8.60. The first-order valence-corrected chi connectivity index (χ1v) is 5.97. The topological polar surface area (TPSA) is 21.8 Å². The highest BCUT2D eigenvalue weighted by atomic mass is 16.6. The van der Waals surface area contributed by atoms with Gasteiger partial charge in [0.05, 0.1) is 0 Å². The Balaban J connectivity index is 2.04. The largest absolute Gasteiger partial charge is 0.485 e. The van der Waals surface area contributed by atoms with Gasteiger partial charge in [-0.15, -0.1) is 0 Å². The molecule has 2 aliphatic rings. The quantitative estimate of drug-likeness (QED) is 0.674. The molecule has 2 aliphatic heterocycles. The van der Waals surface area contributed by atoms with E-state index in [0.29, 0.717) is 5.92 Å². The van der Waals surface area contributed by atoms with Crippen LogP contribution >= 0.6 is 0 Å². The summed E-state index contributed by atoms with van der Waals surface area (Å²) in [5.41, 5.74) is 2.36. The van der Waals surface area contributed by atoms with Gasteiger partial charge in [-0.3, -0.25) is 0 Å². The molecule has 2 heterocycles. The minimum Gasteiger partial charge on any atom is -0.485 e. The van der Waals surface area contributed by atoms with Crippen LogP contribution in [0.4, 0.5) is 0 Å². The number of rotatable bonds is 1. The number of hydrogen-bond donors (Lipinski definition) is 0. The Bertz CT molecular complexity index is 434. The first-order valence-electron chi connectivity index (χ1n) is 5.97. The van der Waals surface area contributed by atoms with Crippen molar-refractivity contribution in [2.45, 2.75) is 51.4 Å². The molecule has 0 spiro atoms. The minimum atomic E-state index is -0.187. The SMILES string of the molecule is CC(C)c1ccc2c(c1)OC(C)(C)[C@H]1O[C@H]21. The van der Waals surface area contributed by atoms with E-state index in [1.54, 1.807) is 0 Å². The molecular weight excluding hydrogens is 200 g/mol. The van der Waals surface area contributed by atoms with Crippen LogP contribution in [0.2, 0.25) is 0 Å². The standard InChI is InChI=1S/C14H18O2/c1-8(2)9-5-6-10-11(7-9)16-14(3,4)13-12(10)15-13/h5-8,12-13H,1-4H3/t12-,13+/m1/s1. The summed E-state index contributed by atoms with van der Waals surface area (Å²) in [5.74, 6) is 1.55. The number of hydrogen-bond acceptors (Lipinski definition) is 2. The van der Waals surface area contributed by atoms with Crippen molar-refractivity contribution in [1.82, 2.24) is 0 Å². The van der Waals surface area contributed by atoms with Crippen LogP contribution < -0.4 is 4.74 Å². The zero-order valence-corrected chi connectivity index (χ0v) is 10.3. The molecule has 86 valence electrons. The Morgan fingerprint density at radius 2 is 2.00 bits per heavy atom. The Kier molecular flexibility index (Phi) is 1.91. The molecule has 1 fully saturated rings. The van der Waals surface area contributed by atoms with Gasteiger partial charge in [-0.1, -0.05) is 26.0 Å². The zero-order chi connectivity index (χ0) is 11.5. The van der Waals surface area contributed by atoms with Gasteiger partial charge in [0.15, 0.2) is 0 Å². The molecular formula is C14H18O2. The highest BCUT2D eigenvalue weighted by molar-refractivity contribution is 5.45. The Labute approximate surface area is 96.6 Å². The summed E-state index contributed by atoms with van der Waals surface area (Å²) in [6, 6.07) is 6.51. The van der Waals surface area contributed by atoms with E-state index in [2.05, 4.69) is 45.9 Å². The van der Waals surface area contributed by atoms with Gasteiger partial charge in [-0.25, -0.2) is 0 Å². The Morgan fingerprint density at radius 3 is 2.69 bits per heavy atom.